The lowest BCUT2D eigenvalue weighted by atomic mass is 10.4. The predicted molar refractivity (Wildman–Crippen MR) is 59.0 cm³/mol. The Hall–Kier alpha value is -1.33. The number of halogens is 1. The molecule has 1 N–H and O–H groups in total. The third-order valence-electron chi connectivity index (χ3n) is 1.95. The van der Waals surface area contributed by atoms with Crippen LogP contribution in [-0.2, 0) is 6.54 Å². The maximum Gasteiger partial charge on any atom is 0.283 e. The lowest BCUT2D eigenvalue weighted by Crippen LogP contribution is -2.13. The Balaban J connectivity index is 2.02. The first-order valence-corrected chi connectivity index (χ1v) is 5.46. The van der Waals surface area contributed by atoms with E-state index in [4.69, 9.17) is 20.4 Å². The summed E-state index contributed by atoms with van der Waals surface area (Å²) in [5.41, 5.74) is 0. The Morgan fingerprint density at radius 1 is 1.31 bits per heavy atom. The van der Waals surface area contributed by atoms with Crippen molar-refractivity contribution in [2.24, 2.45) is 0 Å². The van der Waals surface area contributed by atoms with E-state index in [2.05, 4.69) is 22.4 Å². The van der Waals surface area contributed by atoms with Crippen LogP contribution in [-0.4, -0.2) is 16.7 Å². The van der Waals surface area contributed by atoms with Crippen molar-refractivity contribution in [1.82, 2.24) is 15.5 Å². The van der Waals surface area contributed by atoms with Crippen molar-refractivity contribution >= 4 is 11.6 Å². The molecule has 0 aromatic carbocycles. The molecule has 16 heavy (non-hydrogen) atoms. The van der Waals surface area contributed by atoms with Crippen LogP contribution in [0.1, 0.15) is 19.2 Å². The van der Waals surface area contributed by atoms with Gasteiger partial charge in [0.05, 0.1) is 6.54 Å². The molecule has 0 aliphatic heterocycles. The Morgan fingerprint density at radius 2 is 2.19 bits per heavy atom. The molecule has 6 heteroatoms. The average Bonchev–Trinajstić information content (AvgIpc) is 2.87. The van der Waals surface area contributed by atoms with Gasteiger partial charge in [-0.05, 0) is 36.7 Å². The molecule has 0 saturated carbocycles. The second kappa shape index (κ2) is 5.14. The van der Waals surface area contributed by atoms with Gasteiger partial charge in [-0.3, -0.25) is 0 Å². The molecule has 0 radical (unpaired) electrons. The van der Waals surface area contributed by atoms with E-state index in [9.17, 15) is 0 Å². The highest BCUT2D eigenvalue weighted by atomic mass is 35.5. The smallest absolute Gasteiger partial charge is 0.283 e. The molecule has 0 bridgehead atoms. The minimum absolute atomic E-state index is 0.304. The Labute approximate surface area is 97.8 Å². The molecule has 86 valence electrons. The summed E-state index contributed by atoms with van der Waals surface area (Å²) in [6, 6.07) is 3.33. The first-order chi connectivity index (χ1) is 7.79. The molecule has 5 nitrogen and oxygen atoms in total. The van der Waals surface area contributed by atoms with Gasteiger partial charge in [-0.1, -0.05) is 6.92 Å². The molecule has 0 spiro atoms. The molecule has 2 aromatic heterocycles. The Morgan fingerprint density at radius 3 is 2.88 bits per heavy atom. The third kappa shape index (κ3) is 2.62. The largest absolute Gasteiger partial charge is 0.440 e. The lowest BCUT2D eigenvalue weighted by molar-refractivity contribution is 0.461. The van der Waals surface area contributed by atoms with Crippen LogP contribution in [0.15, 0.2) is 21.0 Å². The van der Waals surface area contributed by atoms with Crippen molar-refractivity contribution in [1.29, 1.82) is 0 Å². The minimum Gasteiger partial charge on any atom is -0.440 e. The molecule has 2 aromatic rings. The van der Waals surface area contributed by atoms with Crippen molar-refractivity contribution in [3.05, 3.63) is 23.2 Å². The zero-order chi connectivity index (χ0) is 11.4. The zero-order valence-corrected chi connectivity index (χ0v) is 9.62. The summed E-state index contributed by atoms with van der Waals surface area (Å²) < 4.78 is 10.5. The first-order valence-electron chi connectivity index (χ1n) is 5.08. The molecule has 2 heterocycles. The van der Waals surface area contributed by atoms with E-state index in [-0.39, 0.29) is 0 Å². The van der Waals surface area contributed by atoms with E-state index in [0.29, 0.717) is 29.3 Å². The van der Waals surface area contributed by atoms with Crippen molar-refractivity contribution in [2.75, 3.05) is 6.54 Å². The van der Waals surface area contributed by atoms with Gasteiger partial charge in [-0.2, -0.15) is 0 Å². The maximum absolute atomic E-state index is 5.65. The third-order valence-corrected chi connectivity index (χ3v) is 2.16. The van der Waals surface area contributed by atoms with E-state index in [0.717, 1.165) is 13.0 Å². The topological polar surface area (TPSA) is 64.1 Å². The normalized spacial score (nSPS) is 10.9. The molecule has 0 amide bonds. The average molecular weight is 242 g/mol. The van der Waals surface area contributed by atoms with Crippen molar-refractivity contribution in [3.63, 3.8) is 0 Å². The molecule has 2 rings (SSSR count). The van der Waals surface area contributed by atoms with Crippen LogP contribution in [0.25, 0.3) is 11.7 Å². The zero-order valence-electron chi connectivity index (χ0n) is 8.86. The molecule has 0 atom stereocenters. The monoisotopic (exact) mass is 241 g/mol. The summed E-state index contributed by atoms with van der Waals surface area (Å²) in [4.78, 5) is 0. The molecule has 0 fully saturated rings. The summed E-state index contributed by atoms with van der Waals surface area (Å²) in [6.07, 6.45) is 1.06. The van der Waals surface area contributed by atoms with E-state index >= 15 is 0 Å². The maximum atomic E-state index is 5.65. The summed E-state index contributed by atoms with van der Waals surface area (Å²) >= 11 is 5.65. The number of nitrogens with one attached hydrogen (secondary N) is 1. The lowest BCUT2D eigenvalue weighted by Gasteiger charge is -1.96. The number of hydrogen-bond acceptors (Lipinski definition) is 5. The minimum atomic E-state index is 0.304. The van der Waals surface area contributed by atoms with Crippen LogP contribution in [0.4, 0.5) is 0 Å². The van der Waals surface area contributed by atoms with E-state index in [1.807, 2.05) is 0 Å². The van der Waals surface area contributed by atoms with Gasteiger partial charge in [0.1, 0.15) is 0 Å². The van der Waals surface area contributed by atoms with Crippen LogP contribution in [0.3, 0.4) is 0 Å². The van der Waals surface area contributed by atoms with Crippen molar-refractivity contribution < 1.29 is 8.83 Å². The quantitative estimate of drug-likeness (QED) is 0.815. The van der Waals surface area contributed by atoms with Crippen LogP contribution in [0.2, 0.25) is 5.22 Å². The van der Waals surface area contributed by atoms with Gasteiger partial charge in [-0.25, -0.2) is 0 Å². The van der Waals surface area contributed by atoms with Crippen molar-refractivity contribution in [2.45, 2.75) is 19.9 Å². The van der Waals surface area contributed by atoms with Gasteiger partial charge < -0.3 is 14.2 Å². The van der Waals surface area contributed by atoms with Gasteiger partial charge >= 0.3 is 0 Å². The summed E-state index contributed by atoms with van der Waals surface area (Å²) in [7, 11) is 0. The SMILES string of the molecule is CCCNCc1nnc(-c2ccc(Cl)o2)o1. The Kier molecular flexibility index (Phi) is 3.58. The van der Waals surface area contributed by atoms with Gasteiger partial charge in [0.25, 0.3) is 5.89 Å². The summed E-state index contributed by atoms with van der Waals surface area (Å²) in [5, 5.41) is 11.2. The van der Waals surface area contributed by atoms with E-state index in [1.54, 1.807) is 12.1 Å². The van der Waals surface area contributed by atoms with Crippen LogP contribution in [0, 0.1) is 0 Å². The van der Waals surface area contributed by atoms with E-state index in [1.165, 1.54) is 0 Å². The number of aromatic nitrogens is 2. The molecular weight excluding hydrogens is 230 g/mol. The first kappa shape index (κ1) is 11.2. The second-order valence-corrected chi connectivity index (χ2v) is 3.65. The molecule has 0 aliphatic rings. The second-order valence-electron chi connectivity index (χ2n) is 3.28. The number of furan rings is 1. The predicted octanol–water partition coefficient (Wildman–Crippen LogP) is 2.48. The van der Waals surface area contributed by atoms with E-state index < -0.39 is 0 Å². The molecule has 0 saturated heterocycles. The summed E-state index contributed by atoms with van der Waals surface area (Å²) in [6.45, 7) is 3.58. The highest BCUT2D eigenvalue weighted by Crippen LogP contribution is 2.23. The van der Waals surface area contributed by atoms with Crippen LogP contribution >= 0.6 is 11.6 Å². The van der Waals surface area contributed by atoms with Gasteiger partial charge in [0.15, 0.2) is 11.0 Å². The van der Waals surface area contributed by atoms with Crippen LogP contribution in [0.5, 0.6) is 0 Å². The fourth-order valence-corrected chi connectivity index (χ4v) is 1.37. The van der Waals surface area contributed by atoms with Gasteiger partial charge in [-0.15, -0.1) is 10.2 Å². The molecular formula is C10H12ClN3O2. The highest BCUT2D eigenvalue weighted by Gasteiger charge is 2.11. The van der Waals surface area contributed by atoms with Gasteiger partial charge in [0, 0.05) is 0 Å². The van der Waals surface area contributed by atoms with Gasteiger partial charge in [0.2, 0.25) is 5.89 Å². The number of hydrogen-bond donors (Lipinski definition) is 1. The molecule has 0 aliphatic carbocycles. The summed E-state index contributed by atoms with van der Waals surface area (Å²) in [5.74, 6) is 1.37. The number of rotatable bonds is 5. The molecule has 0 unspecified atom stereocenters. The fourth-order valence-electron chi connectivity index (χ4n) is 1.23. The standard InChI is InChI=1S/C10H12ClN3O2/c1-2-5-12-6-9-13-14-10(16-9)7-3-4-8(11)15-7/h3-4,12H,2,5-6H2,1H3. The number of nitrogens with zero attached hydrogens (tertiary/aromatic N) is 2. The highest BCUT2D eigenvalue weighted by molar-refractivity contribution is 6.28. The van der Waals surface area contributed by atoms with Crippen LogP contribution < -0.4 is 5.32 Å². The Bertz CT molecular complexity index is 452. The fraction of sp³-hybridized carbons (Fsp3) is 0.400. The van der Waals surface area contributed by atoms with Crippen molar-refractivity contribution in [3.8, 4) is 11.7 Å².